The van der Waals surface area contributed by atoms with Gasteiger partial charge in [0.1, 0.15) is 0 Å². The largest absolute Gasteiger partial charge is 0.392 e. The summed E-state index contributed by atoms with van der Waals surface area (Å²) in [4.78, 5) is 0. The second-order valence-corrected chi connectivity index (χ2v) is 2.52. The van der Waals surface area contributed by atoms with E-state index in [9.17, 15) is 0 Å². The van der Waals surface area contributed by atoms with Crippen LogP contribution in [0.3, 0.4) is 0 Å². The van der Waals surface area contributed by atoms with Crippen molar-refractivity contribution in [2.24, 2.45) is 0 Å². The lowest BCUT2D eigenvalue weighted by Crippen LogP contribution is -2.03. The normalized spacial score (nSPS) is 12.1. The molecule has 0 spiro atoms. The predicted octanol–water partition coefficient (Wildman–Crippen LogP) is 1.89. The molecule has 12 heavy (non-hydrogen) atoms. The second kappa shape index (κ2) is 10.4. The van der Waals surface area contributed by atoms with Crippen LogP contribution in [0, 0.1) is 0 Å². The Kier molecular flexibility index (Phi) is 12.1. The van der Waals surface area contributed by atoms with Gasteiger partial charge in [-0.2, -0.15) is 0 Å². The fourth-order valence-electron chi connectivity index (χ4n) is 0.454. The minimum atomic E-state index is -0.292. The molecule has 0 fully saturated rings. The van der Waals surface area contributed by atoms with Crippen LogP contribution in [0.4, 0.5) is 0 Å². The molecule has 0 aliphatic rings. The van der Waals surface area contributed by atoms with Crippen LogP contribution in [0.25, 0.3) is 0 Å². The number of hydrogen-bond donors (Lipinski definition) is 2. The van der Waals surface area contributed by atoms with Crippen LogP contribution in [0.5, 0.6) is 0 Å². The molecule has 0 aromatic heterocycles. The molecule has 0 bridgehead atoms. The van der Waals surface area contributed by atoms with Crippen molar-refractivity contribution in [3.63, 3.8) is 0 Å². The molecule has 72 valence electrons. The molecule has 0 saturated carbocycles. The molecule has 0 rings (SSSR count). The van der Waals surface area contributed by atoms with Crippen LogP contribution in [-0.4, -0.2) is 22.9 Å². The summed E-state index contributed by atoms with van der Waals surface area (Å²) in [5.74, 6) is 0. The maximum atomic E-state index is 8.84. The highest BCUT2D eigenvalue weighted by Gasteiger charge is 1.96. The molecule has 1 atom stereocenters. The summed E-state index contributed by atoms with van der Waals surface area (Å²) in [5, 5.41) is 16.8. The van der Waals surface area contributed by atoms with Gasteiger partial charge in [0.2, 0.25) is 0 Å². The van der Waals surface area contributed by atoms with Crippen LogP contribution in [0.15, 0.2) is 24.3 Å². The SMILES string of the molecule is C/C=C/CO.C=C(C)C(O)CC. The first-order chi connectivity index (χ1) is 5.59. The monoisotopic (exact) mass is 172 g/mol. The van der Waals surface area contributed by atoms with Gasteiger partial charge in [-0.3, -0.25) is 0 Å². The van der Waals surface area contributed by atoms with Crippen molar-refractivity contribution in [1.82, 2.24) is 0 Å². The van der Waals surface area contributed by atoms with Gasteiger partial charge in [-0.15, -0.1) is 0 Å². The van der Waals surface area contributed by atoms with Crippen molar-refractivity contribution in [2.45, 2.75) is 33.3 Å². The minimum absolute atomic E-state index is 0.163. The van der Waals surface area contributed by atoms with Gasteiger partial charge in [-0.05, 0) is 20.3 Å². The number of allylic oxidation sites excluding steroid dienone is 1. The highest BCUT2D eigenvalue weighted by atomic mass is 16.3. The van der Waals surface area contributed by atoms with Gasteiger partial charge >= 0.3 is 0 Å². The summed E-state index contributed by atoms with van der Waals surface area (Å²) in [7, 11) is 0. The third-order valence-electron chi connectivity index (χ3n) is 1.30. The summed E-state index contributed by atoms with van der Waals surface area (Å²) in [6, 6.07) is 0. The molecule has 2 nitrogen and oxygen atoms in total. The lowest BCUT2D eigenvalue weighted by atomic mass is 10.1. The van der Waals surface area contributed by atoms with Gasteiger partial charge in [-0.25, -0.2) is 0 Å². The second-order valence-electron chi connectivity index (χ2n) is 2.52. The lowest BCUT2D eigenvalue weighted by molar-refractivity contribution is 0.207. The maximum absolute atomic E-state index is 8.84. The first kappa shape index (κ1) is 14.0. The Labute approximate surface area is 75.2 Å². The third-order valence-corrected chi connectivity index (χ3v) is 1.30. The standard InChI is InChI=1S/C6H12O.C4H8O/c1-4-6(7)5(2)3;1-2-3-4-5/h6-7H,2,4H2,1,3H3;2-3,5H,4H2,1H3/b;3-2+. The molecule has 0 radical (unpaired) electrons. The van der Waals surface area contributed by atoms with Crippen LogP contribution in [0.2, 0.25) is 0 Å². The number of rotatable bonds is 3. The van der Waals surface area contributed by atoms with E-state index in [4.69, 9.17) is 10.2 Å². The average Bonchev–Trinajstić information content (AvgIpc) is 2.05. The summed E-state index contributed by atoms with van der Waals surface area (Å²) in [5.41, 5.74) is 0.850. The lowest BCUT2D eigenvalue weighted by Gasteiger charge is -2.03. The molecule has 0 aromatic carbocycles. The zero-order chi connectivity index (χ0) is 9.98. The van der Waals surface area contributed by atoms with E-state index >= 15 is 0 Å². The topological polar surface area (TPSA) is 40.5 Å². The van der Waals surface area contributed by atoms with E-state index in [1.807, 2.05) is 20.8 Å². The van der Waals surface area contributed by atoms with E-state index in [1.54, 1.807) is 12.2 Å². The van der Waals surface area contributed by atoms with E-state index in [0.29, 0.717) is 0 Å². The average molecular weight is 172 g/mol. The Bertz CT molecular complexity index is 128. The number of hydrogen-bond acceptors (Lipinski definition) is 2. The van der Waals surface area contributed by atoms with Crippen molar-refractivity contribution >= 4 is 0 Å². The van der Waals surface area contributed by atoms with E-state index in [1.165, 1.54) is 0 Å². The molecule has 0 saturated heterocycles. The van der Waals surface area contributed by atoms with Crippen LogP contribution in [0.1, 0.15) is 27.2 Å². The molecule has 0 aliphatic carbocycles. The Morgan fingerprint density at radius 2 is 2.08 bits per heavy atom. The van der Waals surface area contributed by atoms with Crippen molar-refractivity contribution < 1.29 is 10.2 Å². The van der Waals surface area contributed by atoms with Gasteiger partial charge in [0.15, 0.2) is 0 Å². The van der Waals surface area contributed by atoms with Crippen molar-refractivity contribution in [1.29, 1.82) is 0 Å². The molecule has 0 heterocycles. The zero-order valence-electron chi connectivity index (χ0n) is 8.25. The molecule has 1 unspecified atom stereocenters. The smallest absolute Gasteiger partial charge is 0.0742 e. The summed E-state index contributed by atoms with van der Waals surface area (Å²) in [6.45, 7) is 9.37. The van der Waals surface area contributed by atoms with Gasteiger partial charge in [-0.1, -0.05) is 31.2 Å². The summed E-state index contributed by atoms with van der Waals surface area (Å²) >= 11 is 0. The van der Waals surface area contributed by atoms with Gasteiger partial charge < -0.3 is 10.2 Å². The molecular formula is C10H20O2. The Morgan fingerprint density at radius 3 is 2.08 bits per heavy atom. The van der Waals surface area contributed by atoms with Gasteiger partial charge in [0.05, 0.1) is 12.7 Å². The Morgan fingerprint density at radius 1 is 1.58 bits per heavy atom. The molecular weight excluding hydrogens is 152 g/mol. The quantitative estimate of drug-likeness (QED) is 0.638. The molecule has 2 heteroatoms. The molecule has 0 aromatic rings. The van der Waals surface area contributed by atoms with Crippen LogP contribution in [-0.2, 0) is 0 Å². The van der Waals surface area contributed by atoms with Crippen molar-refractivity contribution in [2.75, 3.05) is 6.61 Å². The van der Waals surface area contributed by atoms with Crippen molar-refractivity contribution in [3.05, 3.63) is 24.3 Å². The van der Waals surface area contributed by atoms with Gasteiger partial charge in [0.25, 0.3) is 0 Å². The summed E-state index contributed by atoms with van der Waals surface area (Å²) < 4.78 is 0. The first-order valence-corrected chi connectivity index (χ1v) is 4.15. The van der Waals surface area contributed by atoms with E-state index < -0.39 is 0 Å². The van der Waals surface area contributed by atoms with Crippen molar-refractivity contribution in [3.8, 4) is 0 Å². The van der Waals surface area contributed by atoms with Crippen LogP contribution < -0.4 is 0 Å². The highest BCUT2D eigenvalue weighted by molar-refractivity contribution is 4.95. The summed E-state index contributed by atoms with van der Waals surface area (Å²) in [6.07, 6.45) is 3.97. The minimum Gasteiger partial charge on any atom is -0.392 e. The fourth-order valence-corrected chi connectivity index (χ4v) is 0.454. The van der Waals surface area contributed by atoms with E-state index in [-0.39, 0.29) is 12.7 Å². The van der Waals surface area contributed by atoms with E-state index in [2.05, 4.69) is 6.58 Å². The van der Waals surface area contributed by atoms with Gasteiger partial charge in [0, 0.05) is 0 Å². The van der Waals surface area contributed by atoms with Crippen LogP contribution >= 0.6 is 0 Å². The predicted molar refractivity (Wildman–Crippen MR) is 53.0 cm³/mol. The number of aliphatic hydroxyl groups excluding tert-OH is 2. The third kappa shape index (κ3) is 12.1. The Hall–Kier alpha value is -0.600. The first-order valence-electron chi connectivity index (χ1n) is 4.15. The molecule has 0 aliphatic heterocycles. The Balaban J connectivity index is 0. The zero-order valence-corrected chi connectivity index (χ0v) is 8.25. The maximum Gasteiger partial charge on any atom is 0.0742 e. The molecule has 0 amide bonds. The molecule has 2 N–H and O–H groups in total. The highest BCUT2D eigenvalue weighted by Crippen LogP contribution is 1.99. The van der Waals surface area contributed by atoms with E-state index in [0.717, 1.165) is 12.0 Å². The fraction of sp³-hybridized carbons (Fsp3) is 0.600. The number of aliphatic hydroxyl groups is 2.